The van der Waals surface area contributed by atoms with Gasteiger partial charge in [-0.05, 0) is 6.92 Å². The lowest BCUT2D eigenvalue weighted by Crippen LogP contribution is -2.38. The molecule has 0 aliphatic heterocycles. The van der Waals surface area contributed by atoms with Crippen LogP contribution in [0.1, 0.15) is 5.56 Å². The highest BCUT2D eigenvalue weighted by Gasteiger charge is 2.18. The molecule has 0 spiro atoms. The Bertz CT molecular complexity index is 494. The van der Waals surface area contributed by atoms with Crippen molar-refractivity contribution >= 4 is 0 Å². The van der Waals surface area contributed by atoms with Crippen molar-refractivity contribution in [1.29, 1.82) is 0 Å². The van der Waals surface area contributed by atoms with Crippen LogP contribution in [0.15, 0.2) is 15.8 Å². The van der Waals surface area contributed by atoms with Gasteiger partial charge in [0.25, 0.3) is 5.56 Å². The molecule has 4 N–H and O–H groups in total. The number of aryl methyl sites for hydroxylation is 1. The van der Waals surface area contributed by atoms with Gasteiger partial charge < -0.3 is 20.1 Å². The van der Waals surface area contributed by atoms with Gasteiger partial charge in [0.1, 0.15) is 18.9 Å². The Morgan fingerprint density at radius 2 is 2.06 bits per heavy atom. The summed E-state index contributed by atoms with van der Waals surface area (Å²) in [7, 11) is 0. The van der Waals surface area contributed by atoms with Crippen molar-refractivity contribution in [2.45, 2.75) is 25.9 Å². The van der Waals surface area contributed by atoms with Gasteiger partial charge in [-0.3, -0.25) is 14.3 Å². The van der Waals surface area contributed by atoms with Gasteiger partial charge >= 0.3 is 5.69 Å². The van der Waals surface area contributed by atoms with E-state index >= 15 is 0 Å². The molecule has 0 saturated heterocycles. The maximum Gasteiger partial charge on any atom is 0.330 e. The topological polar surface area (TPSA) is 125 Å². The number of H-pyrrole nitrogens is 1. The van der Waals surface area contributed by atoms with Crippen LogP contribution >= 0.6 is 0 Å². The zero-order chi connectivity index (χ0) is 13.7. The average molecular weight is 260 g/mol. The van der Waals surface area contributed by atoms with E-state index in [0.717, 1.165) is 4.57 Å². The number of aromatic nitrogens is 2. The molecule has 1 aromatic heterocycles. The first-order chi connectivity index (χ1) is 8.49. The third-order valence-electron chi connectivity index (χ3n) is 2.41. The van der Waals surface area contributed by atoms with Crippen molar-refractivity contribution in [3.63, 3.8) is 0 Å². The summed E-state index contributed by atoms with van der Waals surface area (Å²) in [5.41, 5.74) is -0.799. The summed E-state index contributed by atoms with van der Waals surface area (Å²) in [6.45, 7) is 0.212. The van der Waals surface area contributed by atoms with Crippen LogP contribution in [-0.2, 0) is 11.5 Å². The van der Waals surface area contributed by atoms with Gasteiger partial charge in [-0.1, -0.05) is 0 Å². The van der Waals surface area contributed by atoms with Crippen LogP contribution in [0.3, 0.4) is 0 Å². The van der Waals surface area contributed by atoms with Crippen molar-refractivity contribution in [2.24, 2.45) is 0 Å². The second-order valence-corrected chi connectivity index (χ2v) is 3.81. The van der Waals surface area contributed by atoms with Gasteiger partial charge in [-0.15, -0.1) is 0 Å². The van der Waals surface area contributed by atoms with Crippen LogP contribution < -0.4 is 11.2 Å². The van der Waals surface area contributed by atoms with E-state index in [1.165, 1.54) is 13.1 Å². The SMILES string of the molecule is Cc1cn(COC(CO)C(O)CO)c(=O)[nH]c1=O. The Morgan fingerprint density at radius 1 is 1.39 bits per heavy atom. The van der Waals surface area contributed by atoms with Crippen molar-refractivity contribution in [1.82, 2.24) is 9.55 Å². The van der Waals surface area contributed by atoms with Crippen LogP contribution in [0.2, 0.25) is 0 Å². The molecule has 2 unspecified atom stereocenters. The number of rotatable bonds is 6. The number of nitrogens with zero attached hydrogens (tertiary/aromatic N) is 1. The lowest BCUT2D eigenvalue weighted by Gasteiger charge is -2.20. The van der Waals surface area contributed by atoms with E-state index in [9.17, 15) is 14.7 Å². The molecular formula is C10H16N2O6. The number of aliphatic hydroxyl groups is 3. The number of nitrogens with one attached hydrogen (secondary N) is 1. The number of aliphatic hydroxyl groups excluding tert-OH is 3. The molecule has 102 valence electrons. The first kappa shape index (κ1) is 14.6. The molecule has 8 heteroatoms. The second kappa shape index (κ2) is 6.45. The molecule has 0 amide bonds. The smallest absolute Gasteiger partial charge is 0.330 e. The minimum atomic E-state index is -1.24. The maximum absolute atomic E-state index is 11.4. The molecule has 0 saturated carbocycles. The maximum atomic E-state index is 11.4. The predicted octanol–water partition coefficient (Wildman–Crippen LogP) is -2.47. The van der Waals surface area contributed by atoms with Crippen LogP contribution in [0.5, 0.6) is 0 Å². The number of hydrogen-bond donors (Lipinski definition) is 4. The zero-order valence-electron chi connectivity index (χ0n) is 9.87. The molecule has 1 heterocycles. The van der Waals surface area contributed by atoms with Crippen molar-refractivity contribution < 1.29 is 20.1 Å². The Kier molecular flexibility index (Phi) is 5.23. The Hall–Kier alpha value is -1.48. The average Bonchev–Trinajstić information content (AvgIpc) is 2.35. The van der Waals surface area contributed by atoms with E-state index < -0.39 is 36.7 Å². The first-order valence-electron chi connectivity index (χ1n) is 5.31. The Morgan fingerprint density at radius 3 is 2.61 bits per heavy atom. The monoisotopic (exact) mass is 260 g/mol. The molecule has 0 aliphatic rings. The summed E-state index contributed by atoms with van der Waals surface area (Å²) >= 11 is 0. The summed E-state index contributed by atoms with van der Waals surface area (Å²) < 4.78 is 6.17. The van der Waals surface area contributed by atoms with Crippen LogP contribution in [0.25, 0.3) is 0 Å². The lowest BCUT2D eigenvalue weighted by atomic mass is 10.2. The molecule has 2 atom stereocenters. The number of ether oxygens (including phenoxy) is 1. The largest absolute Gasteiger partial charge is 0.394 e. The fraction of sp³-hybridized carbons (Fsp3) is 0.600. The summed E-state index contributed by atoms with van der Waals surface area (Å²) in [4.78, 5) is 24.6. The fourth-order valence-corrected chi connectivity index (χ4v) is 1.29. The summed E-state index contributed by atoms with van der Waals surface area (Å²) in [6, 6.07) is 0. The molecule has 1 rings (SSSR count). The minimum Gasteiger partial charge on any atom is -0.394 e. The minimum absolute atomic E-state index is 0.251. The van der Waals surface area contributed by atoms with E-state index in [4.69, 9.17) is 14.9 Å². The third-order valence-corrected chi connectivity index (χ3v) is 2.41. The number of aromatic amines is 1. The van der Waals surface area contributed by atoms with Gasteiger partial charge in [0, 0.05) is 11.8 Å². The highest BCUT2D eigenvalue weighted by atomic mass is 16.5. The van der Waals surface area contributed by atoms with Crippen LogP contribution in [-0.4, -0.2) is 50.3 Å². The molecule has 0 radical (unpaired) electrons. The van der Waals surface area contributed by atoms with E-state index in [0.29, 0.717) is 5.56 Å². The van der Waals surface area contributed by atoms with Gasteiger partial charge in [-0.25, -0.2) is 4.79 Å². The van der Waals surface area contributed by atoms with E-state index in [2.05, 4.69) is 4.98 Å². The van der Waals surface area contributed by atoms with Crippen molar-refractivity contribution in [3.8, 4) is 0 Å². The standard InChI is InChI=1S/C10H16N2O6/c1-6-2-12(10(17)11-9(6)16)5-18-8(4-14)7(15)3-13/h2,7-8,13-15H,3-5H2,1H3,(H,11,16,17). The van der Waals surface area contributed by atoms with Gasteiger partial charge in [-0.2, -0.15) is 0 Å². The highest BCUT2D eigenvalue weighted by molar-refractivity contribution is 5.00. The van der Waals surface area contributed by atoms with Gasteiger partial charge in [0.15, 0.2) is 0 Å². The quantitative estimate of drug-likeness (QED) is 0.449. The molecule has 18 heavy (non-hydrogen) atoms. The first-order valence-corrected chi connectivity index (χ1v) is 5.31. The van der Waals surface area contributed by atoms with Crippen molar-refractivity contribution in [2.75, 3.05) is 13.2 Å². The lowest BCUT2D eigenvalue weighted by molar-refractivity contribution is -0.101. The Labute approximate surface area is 102 Å². The van der Waals surface area contributed by atoms with Gasteiger partial charge in [0.05, 0.1) is 13.2 Å². The van der Waals surface area contributed by atoms with E-state index in [1.807, 2.05) is 0 Å². The highest BCUT2D eigenvalue weighted by Crippen LogP contribution is 1.99. The third kappa shape index (κ3) is 3.50. The molecule has 0 bridgehead atoms. The molecule has 0 fully saturated rings. The molecule has 0 aromatic carbocycles. The molecular weight excluding hydrogens is 244 g/mol. The molecule has 8 nitrogen and oxygen atoms in total. The van der Waals surface area contributed by atoms with Crippen molar-refractivity contribution in [3.05, 3.63) is 32.6 Å². The van der Waals surface area contributed by atoms with E-state index in [1.54, 1.807) is 0 Å². The fourth-order valence-electron chi connectivity index (χ4n) is 1.29. The van der Waals surface area contributed by atoms with Gasteiger partial charge in [0.2, 0.25) is 0 Å². The molecule has 0 aliphatic carbocycles. The summed E-state index contributed by atoms with van der Waals surface area (Å²) in [5, 5.41) is 26.9. The van der Waals surface area contributed by atoms with Crippen LogP contribution in [0, 0.1) is 6.92 Å². The normalized spacial score (nSPS) is 14.4. The Balaban J connectivity index is 2.77. The number of hydrogen-bond acceptors (Lipinski definition) is 6. The van der Waals surface area contributed by atoms with E-state index in [-0.39, 0.29) is 6.73 Å². The van der Waals surface area contributed by atoms with Crippen LogP contribution in [0.4, 0.5) is 0 Å². The molecule has 1 aromatic rings. The summed E-state index contributed by atoms with van der Waals surface area (Å²) in [6.07, 6.45) is -0.940. The second-order valence-electron chi connectivity index (χ2n) is 3.81. The predicted molar refractivity (Wildman–Crippen MR) is 61.1 cm³/mol. The zero-order valence-corrected chi connectivity index (χ0v) is 9.87. The summed E-state index contributed by atoms with van der Waals surface area (Å²) in [5.74, 6) is 0.